The smallest absolute Gasteiger partial charge is 0.306 e. The van der Waals surface area contributed by atoms with Crippen molar-refractivity contribution in [1.82, 2.24) is 0 Å². The van der Waals surface area contributed by atoms with E-state index < -0.39 is 6.10 Å². The van der Waals surface area contributed by atoms with Gasteiger partial charge in [-0.25, -0.2) is 0 Å². The SMILES string of the molecule is CC/C=C\C/C=C\C/C=C\C/C=C\C/C=C\C/C=C\C/C=C\CCCCCCCC(=O)OCC(COC(=O)CCCCC/C=C\C/C=C\C/C=C\CC)OC(=O)CCCCCCCCCC/C=C\C/C=C\C/C=C\CCCCCCC. The lowest BCUT2D eigenvalue weighted by atomic mass is 10.1. The summed E-state index contributed by atoms with van der Waals surface area (Å²) in [5, 5.41) is 0. The van der Waals surface area contributed by atoms with Gasteiger partial charge < -0.3 is 14.2 Å². The van der Waals surface area contributed by atoms with Crippen LogP contribution in [0, 0.1) is 0 Å². The number of carbonyl (C=O) groups excluding carboxylic acids is 3. The minimum atomic E-state index is -0.812. The van der Waals surface area contributed by atoms with Crippen molar-refractivity contribution in [2.24, 2.45) is 0 Å². The van der Waals surface area contributed by atoms with Crippen LogP contribution in [-0.4, -0.2) is 37.2 Å². The third kappa shape index (κ3) is 65.7. The summed E-state index contributed by atoms with van der Waals surface area (Å²) in [7, 11) is 0. The standard InChI is InChI=1S/C75H120O6/c1-4-7-10-13-16-19-22-25-27-29-31-33-35-36-37-38-40-41-43-45-47-50-53-56-59-62-65-68-74(77)80-71-72(70-79-73(76)67-64-61-58-55-52-49-24-21-18-15-12-9-6-3)81-75(78)69-66-63-60-57-54-51-48-46-44-42-39-34-32-30-28-26-23-20-17-14-11-8-5-2/h7,9-10,12,16,18-19,21,23,25-27,30-33,36-37,39-42,45,47,49,52,72H,4-6,8,11,13-15,17,20,22,24,28-29,34-35,38,43-44,46,48,50-51,53-71H2,1-3H3/b10-7-,12-9-,19-16-,21-18-,26-23-,27-25-,32-30-,33-31-,37-36-,41-40-,42-39-,47-45-,52-49-. The van der Waals surface area contributed by atoms with Crippen LogP contribution in [-0.2, 0) is 28.6 Å². The first-order valence-corrected chi connectivity index (χ1v) is 33.0. The highest BCUT2D eigenvalue weighted by Crippen LogP contribution is 2.14. The minimum Gasteiger partial charge on any atom is -0.462 e. The summed E-state index contributed by atoms with van der Waals surface area (Å²) in [5.41, 5.74) is 0. The molecule has 0 heterocycles. The van der Waals surface area contributed by atoms with E-state index in [0.29, 0.717) is 19.3 Å². The molecule has 6 nitrogen and oxygen atoms in total. The third-order valence-corrected chi connectivity index (χ3v) is 13.5. The van der Waals surface area contributed by atoms with Gasteiger partial charge in [0, 0.05) is 19.3 Å². The Labute approximate surface area is 499 Å². The van der Waals surface area contributed by atoms with Gasteiger partial charge >= 0.3 is 17.9 Å². The summed E-state index contributed by atoms with van der Waals surface area (Å²) in [4.78, 5) is 38.3. The second-order valence-corrected chi connectivity index (χ2v) is 21.3. The zero-order chi connectivity index (χ0) is 58.5. The van der Waals surface area contributed by atoms with Gasteiger partial charge in [0.2, 0.25) is 0 Å². The van der Waals surface area contributed by atoms with Gasteiger partial charge in [-0.05, 0) is 148 Å². The van der Waals surface area contributed by atoms with Crippen molar-refractivity contribution in [2.45, 2.75) is 284 Å². The monoisotopic (exact) mass is 1120 g/mol. The molecule has 0 fully saturated rings. The Morgan fingerprint density at radius 3 is 0.765 bits per heavy atom. The molecule has 0 bridgehead atoms. The molecule has 456 valence electrons. The fourth-order valence-electron chi connectivity index (χ4n) is 8.62. The fraction of sp³-hybridized carbons (Fsp3) is 0.613. The Morgan fingerprint density at radius 1 is 0.259 bits per heavy atom. The van der Waals surface area contributed by atoms with E-state index in [1.807, 2.05) is 0 Å². The van der Waals surface area contributed by atoms with Crippen LogP contribution < -0.4 is 0 Å². The molecule has 0 rings (SSSR count). The van der Waals surface area contributed by atoms with Gasteiger partial charge in [-0.3, -0.25) is 14.4 Å². The lowest BCUT2D eigenvalue weighted by molar-refractivity contribution is -0.167. The molecule has 0 N–H and O–H groups in total. The maximum atomic E-state index is 12.9. The number of hydrogen-bond donors (Lipinski definition) is 0. The van der Waals surface area contributed by atoms with Gasteiger partial charge in [-0.15, -0.1) is 0 Å². The van der Waals surface area contributed by atoms with Gasteiger partial charge in [0.1, 0.15) is 13.2 Å². The maximum Gasteiger partial charge on any atom is 0.306 e. The quantitative estimate of drug-likeness (QED) is 0.0261. The number of esters is 3. The number of carbonyl (C=O) groups is 3. The van der Waals surface area contributed by atoms with E-state index in [1.54, 1.807) is 0 Å². The van der Waals surface area contributed by atoms with Gasteiger partial charge in [0.15, 0.2) is 6.10 Å². The van der Waals surface area contributed by atoms with Gasteiger partial charge in [-0.2, -0.15) is 0 Å². The molecule has 0 aromatic rings. The van der Waals surface area contributed by atoms with Crippen molar-refractivity contribution in [3.8, 4) is 0 Å². The number of hydrogen-bond acceptors (Lipinski definition) is 6. The predicted molar refractivity (Wildman–Crippen MR) is 352 cm³/mol. The van der Waals surface area contributed by atoms with Crippen LogP contribution in [0.25, 0.3) is 0 Å². The molecule has 1 atom stereocenters. The van der Waals surface area contributed by atoms with Crippen LogP contribution in [0.15, 0.2) is 158 Å². The highest BCUT2D eigenvalue weighted by atomic mass is 16.6. The lowest BCUT2D eigenvalue weighted by Crippen LogP contribution is -2.30. The van der Waals surface area contributed by atoms with E-state index in [1.165, 1.54) is 70.6 Å². The largest absolute Gasteiger partial charge is 0.462 e. The van der Waals surface area contributed by atoms with E-state index in [2.05, 4.69) is 179 Å². The summed E-state index contributed by atoms with van der Waals surface area (Å²) >= 11 is 0. The molecule has 0 spiro atoms. The average molecular weight is 1120 g/mol. The van der Waals surface area contributed by atoms with Gasteiger partial charge in [0.25, 0.3) is 0 Å². The van der Waals surface area contributed by atoms with E-state index in [4.69, 9.17) is 14.2 Å². The molecule has 0 aromatic carbocycles. The van der Waals surface area contributed by atoms with Crippen molar-refractivity contribution in [3.63, 3.8) is 0 Å². The zero-order valence-electron chi connectivity index (χ0n) is 52.2. The van der Waals surface area contributed by atoms with Crippen molar-refractivity contribution < 1.29 is 28.6 Å². The second kappa shape index (κ2) is 67.5. The number of ether oxygens (including phenoxy) is 3. The number of unbranched alkanes of at least 4 members (excludes halogenated alkanes) is 21. The molecule has 0 aliphatic heterocycles. The van der Waals surface area contributed by atoms with Crippen molar-refractivity contribution in [2.75, 3.05) is 13.2 Å². The van der Waals surface area contributed by atoms with Crippen LogP contribution in [0.4, 0.5) is 0 Å². The first-order chi connectivity index (χ1) is 40.0. The molecule has 0 aliphatic carbocycles. The van der Waals surface area contributed by atoms with E-state index in [-0.39, 0.29) is 31.1 Å². The first-order valence-electron chi connectivity index (χ1n) is 33.0. The molecule has 0 amide bonds. The maximum absolute atomic E-state index is 12.9. The Bertz CT molecular complexity index is 1810. The number of allylic oxidation sites excluding steroid dienone is 26. The second-order valence-electron chi connectivity index (χ2n) is 21.3. The van der Waals surface area contributed by atoms with Crippen molar-refractivity contribution in [3.05, 3.63) is 158 Å². The van der Waals surface area contributed by atoms with Gasteiger partial charge in [0.05, 0.1) is 0 Å². The molecule has 0 radical (unpaired) electrons. The molecule has 1 unspecified atom stereocenters. The zero-order valence-corrected chi connectivity index (χ0v) is 52.2. The summed E-state index contributed by atoms with van der Waals surface area (Å²) in [6, 6.07) is 0. The van der Waals surface area contributed by atoms with Crippen LogP contribution in [0.1, 0.15) is 278 Å². The van der Waals surface area contributed by atoms with Crippen molar-refractivity contribution >= 4 is 17.9 Å². The van der Waals surface area contributed by atoms with Crippen LogP contribution in [0.5, 0.6) is 0 Å². The Hall–Kier alpha value is -4.97. The molecular weight excluding hydrogens is 997 g/mol. The van der Waals surface area contributed by atoms with E-state index in [9.17, 15) is 14.4 Å². The summed E-state index contributed by atoms with van der Waals surface area (Å²) in [6.07, 6.45) is 98.2. The molecule has 0 aromatic heterocycles. The highest BCUT2D eigenvalue weighted by molar-refractivity contribution is 5.71. The molecule has 0 aliphatic rings. The van der Waals surface area contributed by atoms with E-state index in [0.717, 1.165) is 167 Å². The normalized spacial score (nSPS) is 13.2. The van der Waals surface area contributed by atoms with Crippen molar-refractivity contribution in [1.29, 1.82) is 0 Å². The average Bonchev–Trinajstić information content (AvgIpc) is 3.46. The summed E-state index contributed by atoms with van der Waals surface area (Å²) in [5.74, 6) is -0.964. The Morgan fingerprint density at radius 2 is 0.481 bits per heavy atom. The van der Waals surface area contributed by atoms with Crippen LogP contribution in [0.3, 0.4) is 0 Å². The fourth-order valence-corrected chi connectivity index (χ4v) is 8.62. The number of rotatable bonds is 58. The minimum absolute atomic E-state index is 0.107. The highest BCUT2D eigenvalue weighted by Gasteiger charge is 2.19. The Kier molecular flexibility index (Phi) is 63.4. The Balaban J connectivity index is 4.43. The topological polar surface area (TPSA) is 78.9 Å². The summed E-state index contributed by atoms with van der Waals surface area (Å²) in [6.45, 7) is 6.35. The molecular formula is C75H120O6. The first kappa shape index (κ1) is 76.0. The molecule has 6 heteroatoms. The molecule has 0 saturated heterocycles. The summed E-state index contributed by atoms with van der Waals surface area (Å²) < 4.78 is 16.9. The van der Waals surface area contributed by atoms with Crippen LogP contribution in [0.2, 0.25) is 0 Å². The van der Waals surface area contributed by atoms with Gasteiger partial charge in [-0.1, -0.05) is 269 Å². The third-order valence-electron chi connectivity index (χ3n) is 13.5. The molecule has 0 saturated carbocycles. The molecule has 81 heavy (non-hydrogen) atoms. The van der Waals surface area contributed by atoms with Crippen LogP contribution >= 0.6 is 0 Å². The van der Waals surface area contributed by atoms with E-state index >= 15 is 0 Å². The lowest BCUT2D eigenvalue weighted by Gasteiger charge is -2.18. The predicted octanol–water partition coefficient (Wildman–Crippen LogP) is 22.9.